The molecule has 2 aromatic heterocycles. The number of carbonyl (C=O) groups excluding carboxylic acids is 1. The van der Waals surface area contributed by atoms with Crippen molar-refractivity contribution >= 4 is 5.91 Å². The maximum absolute atomic E-state index is 12.4. The number of benzene rings is 1. The molecule has 26 heavy (non-hydrogen) atoms. The molecular weight excluding hydrogens is 322 g/mol. The molecule has 0 spiro atoms. The predicted octanol–water partition coefficient (Wildman–Crippen LogP) is 4.37. The first-order valence-corrected chi connectivity index (χ1v) is 8.66. The SMILES string of the molecule is CC(C)(C)c1ccc(-c2cncc(C(=O)NCc3cccnc3)c2)cc1. The van der Waals surface area contributed by atoms with Crippen molar-refractivity contribution in [3.05, 3.63) is 83.9 Å². The Morgan fingerprint density at radius 3 is 2.38 bits per heavy atom. The van der Waals surface area contributed by atoms with Gasteiger partial charge in [0.15, 0.2) is 0 Å². The smallest absolute Gasteiger partial charge is 0.253 e. The van der Waals surface area contributed by atoms with E-state index in [1.165, 1.54) is 5.56 Å². The van der Waals surface area contributed by atoms with Gasteiger partial charge in [0.2, 0.25) is 0 Å². The van der Waals surface area contributed by atoms with Gasteiger partial charge in [0.1, 0.15) is 0 Å². The van der Waals surface area contributed by atoms with Crippen LogP contribution >= 0.6 is 0 Å². The Kier molecular flexibility index (Phi) is 5.12. The number of amides is 1. The Bertz CT molecular complexity index is 881. The Morgan fingerprint density at radius 2 is 1.73 bits per heavy atom. The molecule has 0 saturated carbocycles. The van der Waals surface area contributed by atoms with Crippen LogP contribution in [0.3, 0.4) is 0 Å². The quantitative estimate of drug-likeness (QED) is 0.764. The van der Waals surface area contributed by atoms with E-state index in [9.17, 15) is 4.79 Å². The highest BCUT2D eigenvalue weighted by Gasteiger charge is 2.13. The van der Waals surface area contributed by atoms with Crippen molar-refractivity contribution in [2.24, 2.45) is 0 Å². The van der Waals surface area contributed by atoms with E-state index in [0.29, 0.717) is 12.1 Å². The molecule has 0 atom stereocenters. The van der Waals surface area contributed by atoms with Crippen LogP contribution in [0.15, 0.2) is 67.3 Å². The van der Waals surface area contributed by atoms with E-state index in [4.69, 9.17) is 0 Å². The second-order valence-corrected chi connectivity index (χ2v) is 7.33. The Labute approximate surface area is 154 Å². The van der Waals surface area contributed by atoms with Gasteiger partial charge < -0.3 is 5.32 Å². The van der Waals surface area contributed by atoms with Crippen LogP contribution in [0.25, 0.3) is 11.1 Å². The standard InChI is InChI=1S/C22H23N3O/c1-22(2,3)20-8-6-17(7-9-20)18-11-19(15-24-14-18)21(26)25-13-16-5-4-10-23-12-16/h4-12,14-15H,13H2,1-3H3,(H,25,26). The summed E-state index contributed by atoms with van der Waals surface area (Å²) in [4.78, 5) is 20.7. The van der Waals surface area contributed by atoms with E-state index in [2.05, 4.69) is 60.3 Å². The zero-order valence-electron chi connectivity index (χ0n) is 15.4. The fraction of sp³-hybridized carbons (Fsp3) is 0.227. The molecule has 0 fully saturated rings. The molecule has 1 aromatic carbocycles. The first kappa shape index (κ1) is 17.8. The van der Waals surface area contributed by atoms with Gasteiger partial charge in [-0.25, -0.2) is 0 Å². The summed E-state index contributed by atoms with van der Waals surface area (Å²) >= 11 is 0. The lowest BCUT2D eigenvalue weighted by atomic mass is 9.86. The Hall–Kier alpha value is -3.01. The monoisotopic (exact) mass is 345 g/mol. The first-order chi connectivity index (χ1) is 12.4. The van der Waals surface area contributed by atoms with Crippen LogP contribution in [-0.2, 0) is 12.0 Å². The van der Waals surface area contributed by atoms with Crippen LogP contribution < -0.4 is 5.32 Å². The van der Waals surface area contributed by atoms with E-state index in [1.54, 1.807) is 24.8 Å². The number of pyridine rings is 2. The van der Waals surface area contributed by atoms with E-state index in [0.717, 1.165) is 16.7 Å². The molecule has 0 aliphatic heterocycles. The summed E-state index contributed by atoms with van der Waals surface area (Å²) in [6, 6.07) is 14.1. The predicted molar refractivity (Wildman–Crippen MR) is 104 cm³/mol. The van der Waals surface area contributed by atoms with Crippen molar-refractivity contribution in [2.75, 3.05) is 0 Å². The Balaban J connectivity index is 1.74. The lowest BCUT2D eigenvalue weighted by Gasteiger charge is -2.19. The number of hydrogen-bond donors (Lipinski definition) is 1. The molecule has 0 saturated heterocycles. The van der Waals surface area contributed by atoms with Gasteiger partial charge in [-0.05, 0) is 34.2 Å². The van der Waals surface area contributed by atoms with Gasteiger partial charge in [0, 0.05) is 36.9 Å². The minimum Gasteiger partial charge on any atom is -0.348 e. The normalized spacial score (nSPS) is 11.2. The summed E-state index contributed by atoms with van der Waals surface area (Å²) in [5, 5.41) is 2.90. The molecule has 4 heteroatoms. The summed E-state index contributed by atoms with van der Waals surface area (Å²) in [5.41, 5.74) is 4.88. The summed E-state index contributed by atoms with van der Waals surface area (Å²) in [6.45, 7) is 7.02. The Morgan fingerprint density at radius 1 is 0.962 bits per heavy atom. The largest absolute Gasteiger partial charge is 0.348 e. The third-order valence-electron chi connectivity index (χ3n) is 4.26. The van der Waals surface area contributed by atoms with Crippen molar-refractivity contribution in [1.82, 2.24) is 15.3 Å². The summed E-state index contributed by atoms with van der Waals surface area (Å²) in [5.74, 6) is -0.144. The lowest BCUT2D eigenvalue weighted by molar-refractivity contribution is 0.0950. The molecule has 0 unspecified atom stereocenters. The number of aromatic nitrogens is 2. The summed E-state index contributed by atoms with van der Waals surface area (Å²) in [7, 11) is 0. The fourth-order valence-corrected chi connectivity index (χ4v) is 2.67. The fourth-order valence-electron chi connectivity index (χ4n) is 2.67. The minimum absolute atomic E-state index is 0.116. The molecule has 0 aliphatic carbocycles. The topological polar surface area (TPSA) is 54.9 Å². The molecule has 4 nitrogen and oxygen atoms in total. The van der Waals surface area contributed by atoms with E-state index < -0.39 is 0 Å². The average Bonchev–Trinajstić information content (AvgIpc) is 2.66. The van der Waals surface area contributed by atoms with Gasteiger partial charge in [-0.2, -0.15) is 0 Å². The maximum atomic E-state index is 12.4. The zero-order valence-corrected chi connectivity index (χ0v) is 15.4. The van der Waals surface area contributed by atoms with Crippen LogP contribution in [0.1, 0.15) is 42.3 Å². The number of nitrogens with one attached hydrogen (secondary N) is 1. The summed E-state index contributed by atoms with van der Waals surface area (Å²) in [6.07, 6.45) is 6.82. The number of rotatable bonds is 4. The molecule has 3 aromatic rings. The molecule has 3 rings (SSSR count). The molecule has 2 heterocycles. The third-order valence-corrected chi connectivity index (χ3v) is 4.26. The van der Waals surface area contributed by atoms with Crippen molar-refractivity contribution in [3.8, 4) is 11.1 Å². The molecule has 1 N–H and O–H groups in total. The lowest BCUT2D eigenvalue weighted by Crippen LogP contribution is -2.23. The highest BCUT2D eigenvalue weighted by Crippen LogP contribution is 2.26. The number of nitrogens with zero attached hydrogens (tertiary/aromatic N) is 2. The van der Waals surface area contributed by atoms with Crippen LogP contribution in [-0.4, -0.2) is 15.9 Å². The first-order valence-electron chi connectivity index (χ1n) is 8.66. The van der Waals surface area contributed by atoms with Gasteiger partial charge in [0.05, 0.1) is 5.56 Å². The maximum Gasteiger partial charge on any atom is 0.253 e. The van der Waals surface area contributed by atoms with Crippen LogP contribution in [0.2, 0.25) is 0 Å². The van der Waals surface area contributed by atoms with Gasteiger partial charge >= 0.3 is 0 Å². The van der Waals surface area contributed by atoms with Gasteiger partial charge in [-0.3, -0.25) is 14.8 Å². The highest BCUT2D eigenvalue weighted by molar-refractivity contribution is 5.95. The molecule has 0 aliphatic rings. The minimum atomic E-state index is -0.144. The number of carbonyl (C=O) groups is 1. The van der Waals surface area contributed by atoms with E-state index >= 15 is 0 Å². The van der Waals surface area contributed by atoms with Crippen LogP contribution in [0.4, 0.5) is 0 Å². The van der Waals surface area contributed by atoms with Crippen molar-refractivity contribution in [2.45, 2.75) is 32.7 Å². The second-order valence-electron chi connectivity index (χ2n) is 7.33. The van der Waals surface area contributed by atoms with Crippen molar-refractivity contribution in [1.29, 1.82) is 0 Å². The summed E-state index contributed by atoms with van der Waals surface area (Å²) < 4.78 is 0. The van der Waals surface area contributed by atoms with E-state index in [1.807, 2.05) is 18.2 Å². The van der Waals surface area contributed by atoms with Crippen molar-refractivity contribution < 1.29 is 4.79 Å². The average molecular weight is 345 g/mol. The molecule has 0 bridgehead atoms. The van der Waals surface area contributed by atoms with E-state index in [-0.39, 0.29) is 11.3 Å². The van der Waals surface area contributed by atoms with Crippen molar-refractivity contribution in [3.63, 3.8) is 0 Å². The van der Waals surface area contributed by atoms with Gasteiger partial charge in [-0.15, -0.1) is 0 Å². The van der Waals surface area contributed by atoms with Gasteiger partial charge in [-0.1, -0.05) is 51.1 Å². The van der Waals surface area contributed by atoms with Crippen LogP contribution in [0.5, 0.6) is 0 Å². The van der Waals surface area contributed by atoms with Gasteiger partial charge in [0.25, 0.3) is 5.91 Å². The third kappa shape index (κ3) is 4.33. The number of hydrogen-bond acceptors (Lipinski definition) is 3. The molecule has 0 radical (unpaired) electrons. The van der Waals surface area contributed by atoms with Crippen LogP contribution in [0, 0.1) is 0 Å². The molecule has 1 amide bonds. The zero-order chi connectivity index (χ0) is 18.6. The molecule has 132 valence electrons. The molecular formula is C22H23N3O. The highest BCUT2D eigenvalue weighted by atomic mass is 16.1. The second kappa shape index (κ2) is 7.48.